The van der Waals surface area contributed by atoms with E-state index in [1.54, 1.807) is 12.1 Å². The van der Waals surface area contributed by atoms with Crippen molar-refractivity contribution >= 4 is 16.0 Å². The Morgan fingerprint density at radius 2 is 1.88 bits per heavy atom. The third-order valence-electron chi connectivity index (χ3n) is 2.97. The highest BCUT2D eigenvalue weighted by Crippen LogP contribution is 2.38. The highest BCUT2D eigenvalue weighted by atomic mass is 32.2. The number of benzene rings is 1. The largest absolute Gasteiger partial charge is 0.480 e. The maximum absolute atomic E-state index is 12.1. The lowest BCUT2D eigenvalue weighted by atomic mass is 10.2. The fourth-order valence-electron chi connectivity index (χ4n) is 1.61. The van der Waals surface area contributed by atoms with E-state index in [2.05, 4.69) is 0 Å². The summed E-state index contributed by atoms with van der Waals surface area (Å²) in [6.45, 7) is 3.29. The van der Waals surface area contributed by atoms with Gasteiger partial charge in [0.2, 0.25) is 10.0 Å². The minimum absolute atomic E-state index is 0.0263. The maximum atomic E-state index is 12.1. The summed E-state index contributed by atoms with van der Waals surface area (Å²) in [6.07, 6.45) is 0. The zero-order valence-electron chi connectivity index (χ0n) is 9.54. The van der Waals surface area contributed by atoms with Crippen LogP contribution < -0.4 is 0 Å². The minimum Gasteiger partial charge on any atom is -0.480 e. The fraction of sp³-hybridized carbons (Fsp3) is 0.364. The van der Waals surface area contributed by atoms with E-state index >= 15 is 0 Å². The Bertz CT molecular complexity index is 564. The molecule has 0 spiro atoms. The normalized spacial score (nSPS) is 27.8. The lowest BCUT2D eigenvalue weighted by Crippen LogP contribution is -2.28. The fourth-order valence-corrected chi connectivity index (χ4v) is 3.37. The van der Waals surface area contributed by atoms with Gasteiger partial charge in [0.1, 0.15) is 5.54 Å². The summed E-state index contributed by atoms with van der Waals surface area (Å²) in [5, 5.41) is 8.93. The molecule has 0 bridgehead atoms. The van der Waals surface area contributed by atoms with Gasteiger partial charge in [-0.3, -0.25) is 4.79 Å². The molecule has 1 heterocycles. The van der Waals surface area contributed by atoms with Crippen LogP contribution in [0.5, 0.6) is 0 Å². The molecule has 92 valence electrons. The van der Waals surface area contributed by atoms with Crippen molar-refractivity contribution in [3.05, 3.63) is 29.8 Å². The smallest absolute Gasteiger partial charge is 0.326 e. The molecule has 0 aliphatic carbocycles. The number of aryl methyl sites for hydroxylation is 1. The van der Waals surface area contributed by atoms with Gasteiger partial charge in [-0.25, -0.2) is 8.42 Å². The molecule has 1 aromatic rings. The van der Waals surface area contributed by atoms with E-state index in [0.29, 0.717) is 0 Å². The summed E-state index contributed by atoms with van der Waals surface area (Å²) >= 11 is 0. The molecule has 0 aromatic heterocycles. The van der Waals surface area contributed by atoms with Crippen LogP contribution in [0.4, 0.5) is 0 Å². The van der Waals surface area contributed by atoms with E-state index in [4.69, 9.17) is 5.11 Å². The Morgan fingerprint density at radius 3 is 2.29 bits per heavy atom. The van der Waals surface area contributed by atoms with Gasteiger partial charge in [-0.1, -0.05) is 17.7 Å². The third-order valence-corrected chi connectivity index (χ3v) is 4.95. The number of sulfonamides is 1. The van der Waals surface area contributed by atoms with Crippen molar-refractivity contribution in [2.24, 2.45) is 0 Å². The van der Waals surface area contributed by atoms with Crippen molar-refractivity contribution in [1.29, 1.82) is 0 Å². The van der Waals surface area contributed by atoms with Crippen LogP contribution in [-0.2, 0) is 14.8 Å². The molecular formula is C11H13NO4S. The van der Waals surface area contributed by atoms with Gasteiger partial charge in [0, 0.05) is 6.54 Å². The highest BCUT2D eigenvalue weighted by Gasteiger charge is 2.61. The quantitative estimate of drug-likeness (QED) is 0.812. The van der Waals surface area contributed by atoms with Gasteiger partial charge >= 0.3 is 5.97 Å². The lowest BCUT2D eigenvalue weighted by Gasteiger charge is -2.09. The molecule has 1 aliphatic heterocycles. The molecule has 5 nitrogen and oxygen atoms in total. The molecule has 1 fully saturated rings. The van der Waals surface area contributed by atoms with Crippen molar-refractivity contribution in [2.45, 2.75) is 24.3 Å². The lowest BCUT2D eigenvalue weighted by molar-refractivity contribution is -0.140. The Balaban J connectivity index is 2.34. The molecule has 2 rings (SSSR count). The molecule has 0 amide bonds. The van der Waals surface area contributed by atoms with Crippen LogP contribution in [-0.4, -0.2) is 35.9 Å². The number of hydrogen-bond donors (Lipinski definition) is 1. The van der Waals surface area contributed by atoms with Crippen molar-refractivity contribution in [2.75, 3.05) is 6.54 Å². The van der Waals surface area contributed by atoms with E-state index in [0.717, 1.165) is 9.87 Å². The number of hydrogen-bond acceptors (Lipinski definition) is 3. The first-order valence-electron chi connectivity index (χ1n) is 5.11. The van der Waals surface area contributed by atoms with Crippen molar-refractivity contribution < 1.29 is 18.3 Å². The van der Waals surface area contributed by atoms with Crippen LogP contribution in [0.25, 0.3) is 0 Å². The van der Waals surface area contributed by atoms with Crippen LogP contribution in [0.15, 0.2) is 29.2 Å². The molecule has 1 saturated heterocycles. The zero-order chi connectivity index (χ0) is 12.8. The molecule has 1 aromatic carbocycles. The SMILES string of the molecule is Cc1ccc(S(=O)(=O)N2CC2(C)C(=O)O)cc1. The van der Waals surface area contributed by atoms with Gasteiger partial charge in [-0.05, 0) is 26.0 Å². The summed E-state index contributed by atoms with van der Waals surface area (Å²) in [5.74, 6) is -1.12. The van der Waals surface area contributed by atoms with Crippen LogP contribution in [0.1, 0.15) is 12.5 Å². The average Bonchev–Trinajstić information content (AvgIpc) is 2.94. The van der Waals surface area contributed by atoms with Gasteiger partial charge in [0.25, 0.3) is 0 Å². The molecule has 0 saturated carbocycles. The summed E-state index contributed by atoms with van der Waals surface area (Å²) in [5.41, 5.74) is -0.334. The van der Waals surface area contributed by atoms with Crippen LogP contribution >= 0.6 is 0 Å². The maximum Gasteiger partial charge on any atom is 0.326 e. The van der Waals surface area contributed by atoms with E-state index in [-0.39, 0.29) is 11.4 Å². The number of nitrogens with zero attached hydrogens (tertiary/aromatic N) is 1. The van der Waals surface area contributed by atoms with Gasteiger partial charge in [0.05, 0.1) is 4.90 Å². The van der Waals surface area contributed by atoms with Gasteiger partial charge in [-0.2, -0.15) is 4.31 Å². The first-order valence-corrected chi connectivity index (χ1v) is 6.55. The minimum atomic E-state index is -3.68. The molecule has 17 heavy (non-hydrogen) atoms. The number of aliphatic carboxylic acids is 1. The summed E-state index contributed by atoms with van der Waals surface area (Å²) in [6, 6.07) is 6.36. The Kier molecular flexibility index (Phi) is 2.52. The van der Waals surface area contributed by atoms with Crippen LogP contribution in [0.2, 0.25) is 0 Å². The third kappa shape index (κ3) is 1.83. The molecule has 0 radical (unpaired) electrons. The molecule has 1 aliphatic rings. The predicted octanol–water partition coefficient (Wildman–Crippen LogP) is 0.843. The molecule has 1 N–H and O–H groups in total. The summed E-state index contributed by atoms with van der Waals surface area (Å²) < 4.78 is 25.2. The molecular weight excluding hydrogens is 242 g/mol. The highest BCUT2D eigenvalue weighted by molar-refractivity contribution is 7.89. The Labute approximate surface area is 99.7 Å². The number of rotatable bonds is 3. The standard InChI is InChI=1S/C11H13NO4S/c1-8-3-5-9(6-4-8)17(15,16)12-7-11(12,2)10(13)14/h3-6H,7H2,1-2H3,(H,13,14). The molecule has 6 heteroatoms. The van der Waals surface area contributed by atoms with E-state index in [1.807, 2.05) is 6.92 Å². The Morgan fingerprint density at radius 1 is 1.35 bits per heavy atom. The topological polar surface area (TPSA) is 74.5 Å². The zero-order valence-corrected chi connectivity index (χ0v) is 10.4. The summed E-state index contributed by atoms with van der Waals surface area (Å²) in [4.78, 5) is 11.1. The van der Waals surface area contributed by atoms with Crippen LogP contribution in [0.3, 0.4) is 0 Å². The van der Waals surface area contributed by atoms with E-state index in [9.17, 15) is 13.2 Å². The number of carboxylic acids is 1. The second-order valence-corrected chi connectivity index (χ2v) is 6.27. The van der Waals surface area contributed by atoms with E-state index < -0.39 is 21.5 Å². The van der Waals surface area contributed by atoms with Gasteiger partial charge in [0.15, 0.2) is 0 Å². The first-order chi connectivity index (χ1) is 7.78. The molecule has 2 atom stereocenters. The number of carboxylic acid groups (broad SMARTS) is 1. The number of carbonyl (C=O) groups is 1. The van der Waals surface area contributed by atoms with Crippen molar-refractivity contribution in [3.63, 3.8) is 0 Å². The average molecular weight is 255 g/mol. The van der Waals surface area contributed by atoms with E-state index in [1.165, 1.54) is 19.1 Å². The Hall–Kier alpha value is -1.40. The van der Waals surface area contributed by atoms with Crippen LogP contribution in [0, 0.1) is 6.92 Å². The second kappa shape index (κ2) is 3.54. The predicted molar refractivity (Wildman–Crippen MR) is 61.1 cm³/mol. The van der Waals surface area contributed by atoms with Crippen molar-refractivity contribution in [1.82, 2.24) is 4.31 Å². The summed E-state index contributed by atoms with van der Waals surface area (Å²) in [7, 11) is -3.68. The van der Waals surface area contributed by atoms with Gasteiger partial charge < -0.3 is 5.11 Å². The second-order valence-electron chi connectivity index (χ2n) is 4.40. The van der Waals surface area contributed by atoms with Gasteiger partial charge in [-0.15, -0.1) is 0 Å². The monoisotopic (exact) mass is 255 g/mol. The molecule has 2 unspecified atom stereocenters. The first kappa shape index (κ1) is 12.1. The van der Waals surface area contributed by atoms with Crippen molar-refractivity contribution in [3.8, 4) is 0 Å².